The van der Waals surface area contributed by atoms with Crippen LogP contribution in [0.3, 0.4) is 0 Å². The van der Waals surface area contributed by atoms with E-state index in [1.165, 1.54) is 0 Å². The van der Waals surface area contributed by atoms with E-state index in [-0.39, 0.29) is 5.78 Å². The molecule has 0 aliphatic carbocycles. The Morgan fingerprint density at radius 1 is 1.03 bits per heavy atom. The van der Waals surface area contributed by atoms with E-state index < -0.39 is 0 Å². The van der Waals surface area contributed by atoms with Crippen molar-refractivity contribution >= 4 is 40.0 Å². The van der Waals surface area contributed by atoms with Gasteiger partial charge in [0.25, 0.3) is 0 Å². The van der Waals surface area contributed by atoms with Gasteiger partial charge in [0.05, 0.1) is 33.2 Å². The van der Waals surface area contributed by atoms with Crippen molar-refractivity contribution < 1.29 is 9.53 Å². The average molecular weight is 425 g/mol. The van der Waals surface area contributed by atoms with Gasteiger partial charge in [0.1, 0.15) is 11.6 Å². The van der Waals surface area contributed by atoms with Crippen molar-refractivity contribution in [3.8, 4) is 17.1 Å². The predicted molar refractivity (Wildman–Crippen MR) is 117 cm³/mol. The number of benzene rings is 3. The largest absolute Gasteiger partial charge is 0.494 e. The molecule has 6 heteroatoms. The number of aromatic nitrogens is 2. The minimum Gasteiger partial charge on any atom is -0.494 e. The number of Topliss-reactive ketones (excluding diaryl/α,β-unsaturated/α-hetero) is 1. The van der Waals surface area contributed by atoms with Gasteiger partial charge in [-0.15, -0.1) is 0 Å². The molecular formula is C23H18Cl2N2O2. The fourth-order valence-corrected chi connectivity index (χ4v) is 3.80. The first-order valence-electron chi connectivity index (χ1n) is 9.24. The Labute approximate surface area is 178 Å². The van der Waals surface area contributed by atoms with Crippen LogP contribution in [0.4, 0.5) is 0 Å². The van der Waals surface area contributed by atoms with E-state index in [1.54, 1.807) is 24.3 Å². The van der Waals surface area contributed by atoms with Crippen molar-refractivity contribution in [1.29, 1.82) is 0 Å². The highest BCUT2D eigenvalue weighted by molar-refractivity contribution is 6.39. The Morgan fingerprint density at radius 2 is 1.79 bits per heavy atom. The summed E-state index contributed by atoms with van der Waals surface area (Å²) in [5.41, 5.74) is 3.66. The minimum absolute atomic E-state index is 0.0208. The summed E-state index contributed by atoms with van der Waals surface area (Å²) in [6, 6.07) is 18.3. The number of ketones is 1. The van der Waals surface area contributed by atoms with Gasteiger partial charge in [-0.2, -0.15) is 0 Å². The van der Waals surface area contributed by atoms with E-state index in [4.69, 9.17) is 27.9 Å². The third-order valence-electron chi connectivity index (χ3n) is 4.58. The summed E-state index contributed by atoms with van der Waals surface area (Å²) in [5.74, 6) is 1.36. The number of ether oxygens (including phenoxy) is 1. The van der Waals surface area contributed by atoms with E-state index in [0.717, 1.165) is 22.3 Å². The number of H-pyrrole nitrogens is 1. The molecule has 1 aromatic heterocycles. The van der Waals surface area contributed by atoms with Crippen LogP contribution in [-0.2, 0) is 6.42 Å². The van der Waals surface area contributed by atoms with Crippen molar-refractivity contribution in [3.63, 3.8) is 0 Å². The molecule has 0 fully saturated rings. The molecule has 1 heterocycles. The summed E-state index contributed by atoms with van der Waals surface area (Å²) in [4.78, 5) is 20.6. The molecule has 0 atom stereocenters. The summed E-state index contributed by atoms with van der Waals surface area (Å²) in [7, 11) is 0. The second kappa shape index (κ2) is 8.27. The lowest BCUT2D eigenvalue weighted by atomic mass is 10.0. The molecule has 0 spiro atoms. The van der Waals surface area contributed by atoms with Gasteiger partial charge in [-0.25, -0.2) is 4.98 Å². The second-order valence-corrected chi connectivity index (χ2v) is 7.41. The Hall–Kier alpha value is -2.82. The van der Waals surface area contributed by atoms with Crippen LogP contribution in [-0.4, -0.2) is 22.4 Å². The van der Waals surface area contributed by atoms with E-state index in [1.807, 2.05) is 43.3 Å². The molecule has 4 rings (SSSR count). The molecule has 4 nitrogen and oxygen atoms in total. The van der Waals surface area contributed by atoms with Gasteiger partial charge in [-0.3, -0.25) is 4.79 Å². The van der Waals surface area contributed by atoms with Crippen LogP contribution in [0.25, 0.3) is 22.4 Å². The standard InChI is InChI=1S/C23H18Cl2N2O2/c1-2-29-16-6-3-5-14(11-16)12-21(28)15-9-10-19-20(13-15)27-23(26-19)22-17(24)7-4-8-18(22)25/h3-11,13H,2,12H2,1H3,(H,26,27). The van der Waals surface area contributed by atoms with Crippen molar-refractivity contribution in [2.45, 2.75) is 13.3 Å². The Morgan fingerprint density at radius 3 is 2.55 bits per heavy atom. The summed E-state index contributed by atoms with van der Waals surface area (Å²) < 4.78 is 5.51. The first-order chi connectivity index (χ1) is 14.0. The van der Waals surface area contributed by atoms with Crippen LogP contribution in [0.2, 0.25) is 10.0 Å². The highest BCUT2D eigenvalue weighted by Crippen LogP contribution is 2.34. The molecule has 0 amide bonds. The molecule has 0 unspecified atom stereocenters. The number of halogens is 2. The zero-order chi connectivity index (χ0) is 20.4. The van der Waals surface area contributed by atoms with Crippen LogP contribution in [0.1, 0.15) is 22.8 Å². The molecule has 0 radical (unpaired) electrons. The third-order valence-corrected chi connectivity index (χ3v) is 5.21. The number of hydrogen-bond acceptors (Lipinski definition) is 3. The van der Waals surface area contributed by atoms with Crippen molar-refractivity contribution in [2.24, 2.45) is 0 Å². The average Bonchev–Trinajstić information content (AvgIpc) is 3.11. The SMILES string of the molecule is CCOc1cccc(CC(=O)c2ccc3nc(-c4c(Cl)cccc4Cl)[nH]c3c2)c1. The number of carbonyl (C=O) groups is 1. The Kier molecular flexibility index (Phi) is 5.56. The van der Waals surface area contributed by atoms with Gasteiger partial charge in [0.15, 0.2) is 5.78 Å². The maximum Gasteiger partial charge on any atom is 0.167 e. The van der Waals surface area contributed by atoms with Gasteiger partial charge in [0.2, 0.25) is 0 Å². The molecule has 4 aromatic rings. The van der Waals surface area contributed by atoms with Crippen LogP contribution in [0.15, 0.2) is 60.7 Å². The highest BCUT2D eigenvalue weighted by Gasteiger charge is 2.14. The Balaban J connectivity index is 1.62. The second-order valence-electron chi connectivity index (χ2n) is 6.59. The molecule has 0 bridgehead atoms. The summed E-state index contributed by atoms with van der Waals surface area (Å²) in [5, 5.41) is 1.03. The molecule has 3 aromatic carbocycles. The molecule has 29 heavy (non-hydrogen) atoms. The van der Waals surface area contributed by atoms with Gasteiger partial charge in [0, 0.05) is 12.0 Å². The number of aromatic amines is 1. The number of rotatable bonds is 6. The molecule has 0 saturated heterocycles. The maximum atomic E-state index is 12.8. The zero-order valence-electron chi connectivity index (χ0n) is 15.7. The summed E-state index contributed by atoms with van der Waals surface area (Å²) in [6.45, 7) is 2.52. The van der Waals surface area contributed by atoms with Crippen molar-refractivity contribution in [3.05, 3.63) is 81.8 Å². The normalized spacial score (nSPS) is 11.0. The first kappa shape index (κ1) is 19.5. The topological polar surface area (TPSA) is 55.0 Å². The number of fused-ring (bicyclic) bond motifs is 1. The van der Waals surface area contributed by atoms with Crippen LogP contribution < -0.4 is 4.74 Å². The highest BCUT2D eigenvalue weighted by atomic mass is 35.5. The van der Waals surface area contributed by atoms with Crippen LogP contribution in [0, 0.1) is 0 Å². The zero-order valence-corrected chi connectivity index (χ0v) is 17.2. The number of nitrogens with zero attached hydrogens (tertiary/aromatic N) is 1. The smallest absolute Gasteiger partial charge is 0.167 e. The number of nitrogens with one attached hydrogen (secondary N) is 1. The first-order valence-corrected chi connectivity index (χ1v) is 10.00. The van der Waals surface area contributed by atoms with Gasteiger partial charge >= 0.3 is 0 Å². The lowest BCUT2D eigenvalue weighted by Crippen LogP contribution is -2.04. The van der Waals surface area contributed by atoms with Crippen molar-refractivity contribution in [1.82, 2.24) is 9.97 Å². The summed E-state index contributed by atoms with van der Waals surface area (Å²) in [6.07, 6.45) is 0.295. The molecule has 146 valence electrons. The fraction of sp³-hybridized carbons (Fsp3) is 0.130. The van der Waals surface area contributed by atoms with Crippen molar-refractivity contribution in [2.75, 3.05) is 6.61 Å². The monoisotopic (exact) mass is 424 g/mol. The van der Waals surface area contributed by atoms with E-state index >= 15 is 0 Å². The van der Waals surface area contributed by atoms with Crippen LogP contribution >= 0.6 is 23.2 Å². The molecule has 0 aliphatic rings. The molecule has 0 aliphatic heterocycles. The number of carbonyl (C=O) groups excluding carboxylic acids is 1. The molecular weight excluding hydrogens is 407 g/mol. The van der Waals surface area contributed by atoms with Crippen LogP contribution in [0.5, 0.6) is 5.75 Å². The van der Waals surface area contributed by atoms with Gasteiger partial charge in [-0.1, -0.05) is 41.4 Å². The molecule has 1 N–H and O–H groups in total. The minimum atomic E-state index is 0.0208. The third kappa shape index (κ3) is 4.14. The van der Waals surface area contributed by atoms with Gasteiger partial charge < -0.3 is 9.72 Å². The van der Waals surface area contributed by atoms with E-state index in [0.29, 0.717) is 40.0 Å². The number of hydrogen-bond donors (Lipinski definition) is 1. The quantitative estimate of drug-likeness (QED) is 0.366. The number of imidazole rings is 1. The van der Waals surface area contributed by atoms with Gasteiger partial charge in [-0.05, 0) is 55.0 Å². The van der Waals surface area contributed by atoms with E-state index in [2.05, 4.69) is 9.97 Å². The maximum absolute atomic E-state index is 12.8. The summed E-state index contributed by atoms with van der Waals surface area (Å²) >= 11 is 12.6. The Bertz CT molecular complexity index is 1180. The molecule has 0 saturated carbocycles. The van der Waals surface area contributed by atoms with E-state index in [9.17, 15) is 4.79 Å². The predicted octanol–water partition coefficient (Wildman–Crippen LogP) is 6.36. The lowest BCUT2D eigenvalue weighted by molar-refractivity contribution is 0.0993. The lowest BCUT2D eigenvalue weighted by Gasteiger charge is -2.06. The fourth-order valence-electron chi connectivity index (χ4n) is 3.22.